The highest BCUT2D eigenvalue weighted by atomic mass is 16.5. The smallest absolute Gasteiger partial charge is 0.141 e. The Morgan fingerprint density at radius 1 is 0.356 bits per heavy atom. The molecule has 0 heterocycles. The summed E-state index contributed by atoms with van der Waals surface area (Å²) in [5.41, 5.74) is 8.49. The molecule has 0 aliphatic carbocycles. The fourth-order valence-electron chi connectivity index (χ4n) is 10.2. The molecule has 0 aliphatic heterocycles. The third-order valence-electron chi connectivity index (χ3n) is 14.4. The van der Waals surface area contributed by atoms with E-state index < -0.39 is 11.2 Å². The van der Waals surface area contributed by atoms with Gasteiger partial charge in [0.25, 0.3) is 0 Å². The van der Waals surface area contributed by atoms with Crippen molar-refractivity contribution in [2.24, 2.45) is 0 Å². The lowest BCUT2D eigenvalue weighted by molar-refractivity contribution is 0.116. The van der Waals surface area contributed by atoms with E-state index in [1.54, 1.807) is 0 Å². The maximum atomic E-state index is 14.5. The number of fused-ring (bicyclic) bond motifs is 2. The Morgan fingerprint density at radius 2 is 0.671 bits per heavy atom. The Bertz CT molecular complexity index is 3150. The van der Waals surface area contributed by atoms with Crippen molar-refractivity contribution >= 4 is 21.5 Å². The van der Waals surface area contributed by atoms with Crippen LogP contribution in [0, 0.1) is 6.92 Å². The van der Waals surface area contributed by atoms with Gasteiger partial charge in [-0.3, -0.25) is 0 Å². The normalized spacial score (nSPS) is 12.6. The van der Waals surface area contributed by atoms with E-state index in [1.807, 2.05) is 24.3 Å². The van der Waals surface area contributed by atoms with Crippen molar-refractivity contribution in [2.75, 3.05) is 19.8 Å². The summed E-state index contributed by atoms with van der Waals surface area (Å²) in [6.45, 7) is 12.1. The van der Waals surface area contributed by atoms with E-state index in [2.05, 4.69) is 198 Å². The molecule has 372 valence electrons. The van der Waals surface area contributed by atoms with Crippen molar-refractivity contribution in [3.8, 4) is 22.3 Å². The summed E-state index contributed by atoms with van der Waals surface area (Å²) in [5, 5.41) is 33.0. The molecule has 5 nitrogen and oxygen atoms in total. The first kappa shape index (κ1) is 51.2. The number of hydrogen-bond donors (Lipinski definition) is 2. The van der Waals surface area contributed by atoms with Crippen LogP contribution in [-0.4, -0.2) is 30.0 Å². The third-order valence-corrected chi connectivity index (χ3v) is 14.4. The molecule has 0 aromatic heterocycles. The molecule has 1 unspecified atom stereocenters. The number of hydrogen-bond acceptors (Lipinski definition) is 5. The second kappa shape index (κ2) is 23.9. The quantitative estimate of drug-likeness (QED) is 0.0494. The number of ether oxygens (including phenoxy) is 3. The lowest BCUT2D eigenvalue weighted by atomic mass is 9.71. The van der Waals surface area contributed by atoms with Gasteiger partial charge in [-0.2, -0.15) is 0 Å². The first-order valence-corrected chi connectivity index (χ1v) is 26.4. The summed E-state index contributed by atoms with van der Waals surface area (Å²) in [4.78, 5) is 0. The van der Waals surface area contributed by atoms with Crippen LogP contribution in [-0.2, 0) is 45.2 Å². The molecular weight excluding hydrogens is 897 g/mol. The van der Waals surface area contributed by atoms with Crippen molar-refractivity contribution in [1.82, 2.24) is 0 Å². The first-order chi connectivity index (χ1) is 35.8. The number of aryl methyl sites for hydroxylation is 1. The highest BCUT2D eigenvalue weighted by molar-refractivity contribution is 6.01. The van der Waals surface area contributed by atoms with Crippen LogP contribution >= 0.6 is 0 Å². The SMILES string of the molecule is CCCCOCc1ccc(C(O)(c2ccc(C)cc2)c2cc(-c3cccc4ccccc34)c(C(O)(c3ccc(COCCCC)cc3)c3ccc(COCCCC)cc3)cc2-c2cccc3ccccc23)cc1. The van der Waals surface area contributed by atoms with E-state index in [1.165, 1.54) is 0 Å². The predicted molar refractivity (Wildman–Crippen MR) is 301 cm³/mol. The monoisotopic (exact) mass is 967 g/mol. The Kier molecular flexibility index (Phi) is 16.8. The number of benzene rings is 9. The number of rotatable bonds is 23. The maximum Gasteiger partial charge on any atom is 0.141 e. The Labute approximate surface area is 433 Å². The van der Waals surface area contributed by atoms with Gasteiger partial charge in [0.05, 0.1) is 19.8 Å². The molecule has 1 atom stereocenters. The summed E-state index contributed by atoms with van der Waals surface area (Å²) < 4.78 is 18.2. The molecule has 0 spiro atoms. The average Bonchev–Trinajstić information content (AvgIpc) is 3.44. The van der Waals surface area contributed by atoms with Crippen molar-refractivity contribution in [1.29, 1.82) is 0 Å². The van der Waals surface area contributed by atoms with Gasteiger partial charge in [0.15, 0.2) is 0 Å². The van der Waals surface area contributed by atoms with Crippen LogP contribution in [0.15, 0.2) is 194 Å². The fourth-order valence-corrected chi connectivity index (χ4v) is 10.2. The molecule has 0 amide bonds. The minimum atomic E-state index is -1.71. The van der Waals surface area contributed by atoms with E-state index in [-0.39, 0.29) is 0 Å². The van der Waals surface area contributed by atoms with E-state index >= 15 is 0 Å². The second-order valence-corrected chi connectivity index (χ2v) is 19.6. The van der Waals surface area contributed by atoms with Crippen LogP contribution in [0.5, 0.6) is 0 Å². The highest BCUT2D eigenvalue weighted by Crippen LogP contribution is 2.51. The van der Waals surface area contributed by atoms with E-state index in [0.29, 0.717) is 61.9 Å². The molecule has 2 N–H and O–H groups in total. The molecule has 0 saturated carbocycles. The van der Waals surface area contributed by atoms with Crippen LogP contribution in [0.2, 0.25) is 0 Å². The standard InChI is InChI=1S/C68H70O5/c1-5-8-41-71-46-50-27-35-56(36-28-50)67(69,55-33-25-49(4)26-34-55)65-44-64(62-24-16-20-54-18-12-14-22-60(54)62)66(45-63(65)61-23-15-19-53-17-11-13-21-59(53)61)68(70,57-37-29-51(30-38-57)47-72-42-9-6-2)58-39-31-52(32-40-58)48-73-43-10-7-3/h11-40,44-45,69-70H,5-10,41-43,46-48H2,1-4H3. The lowest BCUT2D eigenvalue weighted by Gasteiger charge is -2.37. The van der Waals surface area contributed by atoms with Gasteiger partial charge in [0.1, 0.15) is 11.2 Å². The van der Waals surface area contributed by atoms with Crippen molar-refractivity contribution < 1.29 is 24.4 Å². The van der Waals surface area contributed by atoms with E-state index in [0.717, 1.165) is 116 Å². The molecule has 5 heteroatoms. The fraction of sp³-hybridized carbons (Fsp3) is 0.265. The topological polar surface area (TPSA) is 68.2 Å². The summed E-state index contributed by atoms with van der Waals surface area (Å²) >= 11 is 0. The van der Waals surface area contributed by atoms with Gasteiger partial charge < -0.3 is 24.4 Å². The summed E-state index contributed by atoms with van der Waals surface area (Å²) in [7, 11) is 0. The van der Waals surface area contributed by atoms with Crippen LogP contribution in [0.25, 0.3) is 43.8 Å². The highest BCUT2D eigenvalue weighted by Gasteiger charge is 2.42. The van der Waals surface area contributed by atoms with E-state index in [4.69, 9.17) is 14.2 Å². The van der Waals surface area contributed by atoms with Gasteiger partial charge in [-0.25, -0.2) is 0 Å². The molecule has 9 aromatic rings. The molecule has 0 aliphatic rings. The zero-order valence-electron chi connectivity index (χ0n) is 43.1. The molecule has 0 bridgehead atoms. The average molecular weight is 967 g/mol. The van der Waals surface area contributed by atoms with Gasteiger partial charge in [0.2, 0.25) is 0 Å². The largest absolute Gasteiger partial charge is 0.377 e. The van der Waals surface area contributed by atoms with Crippen LogP contribution in [0.3, 0.4) is 0 Å². The summed E-state index contributed by atoms with van der Waals surface area (Å²) in [6.07, 6.45) is 6.21. The first-order valence-electron chi connectivity index (χ1n) is 26.4. The summed E-state index contributed by atoms with van der Waals surface area (Å²) in [6, 6.07) is 66.9. The Hall–Kier alpha value is -6.70. The zero-order chi connectivity index (χ0) is 50.6. The van der Waals surface area contributed by atoms with Crippen LogP contribution in [0.4, 0.5) is 0 Å². The second-order valence-electron chi connectivity index (χ2n) is 19.6. The Balaban J connectivity index is 1.37. The molecule has 0 radical (unpaired) electrons. The van der Waals surface area contributed by atoms with Gasteiger partial charge >= 0.3 is 0 Å². The van der Waals surface area contributed by atoms with E-state index in [9.17, 15) is 10.2 Å². The molecule has 73 heavy (non-hydrogen) atoms. The zero-order valence-corrected chi connectivity index (χ0v) is 43.1. The van der Waals surface area contributed by atoms with Crippen LogP contribution < -0.4 is 0 Å². The Morgan fingerprint density at radius 3 is 1.01 bits per heavy atom. The molecule has 0 fully saturated rings. The third kappa shape index (κ3) is 11.1. The van der Waals surface area contributed by atoms with Gasteiger partial charge in [-0.1, -0.05) is 228 Å². The number of aliphatic hydroxyl groups is 2. The predicted octanol–water partition coefficient (Wildman–Crippen LogP) is 16.2. The van der Waals surface area contributed by atoms with Crippen molar-refractivity contribution in [3.63, 3.8) is 0 Å². The maximum absolute atomic E-state index is 14.5. The lowest BCUT2D eigenvalue weighted by Crippen LogP contribution is -2.33. The van der Waals surface area contributed by atoms with Gasteiger partial charge in [-0.15, -0.1) is 0 Å². The molecular formula is C68H70O5. The molecule has 9 rings (SSSR count). The van der Waals surface area contributed by atoms with Crippen molar-refractivity contribution in [3.05, 3.63) is 250 Å². The molecule has 9 aromatic carbocycles. The van der Waals surface area contributed by atoms with Crippen LogP contribution in [0.1, 0.15) is 115 Å². The number of unbranched alkanes of at least 4 members (excludes halogenated alkanes) is 3. The minimum absolute atomic E-state index is 0.483. The summed E-state index contributed by atoms with van der Waals surface area (Å²) in [5.74, 6) is 0. The minimum Gasteiger partial charge on any atom is -0.377 e. The van der Waals surface area contributed by atoms with Crippen molar-refractivity contribution in [2.45, 2.75) is 97.2 Å². The van der Waals surface area contributed by atoms with Gasteiger partial charge in [0, 0.05) is 30.9 Å². The van der Waals surface area contributed by atoms with Gasteiger partial charge in [-0.05, 0) is 121 Å². The molecule has 0 saturated heterocycles.